The van der Waals surface area contributed by atoms with Crippen molar-refractivity contribution in [3.8, 4) is 0 Å². The minimum atomic E-state index is -0.598. The summed E-state index contributed by atoms with van der Waals surface area (Å²) in [5, 5.41) is 2.70. The lowest BCUT2D eigenvalue weighted by molar-refractivity contribution is -0.141. The van der Waals surface area contributed by atoms with Crippen molar-refractivity contribution < 1.29 is 19.1 Å². The standard InChI is InChI=1S/C15H20BrNO4.H2S/c1-15(2,3)21-14(19)17-12(9-13(18)20-4)10-5-7-11(16)8-6-10;/h5-8,12H,9H2,1-4H3,(H,17,19);1H2/t12-;/m0./s1. The van der Waals surface area contributed by atoms with E-state index < -0.39 is 23.7 Å². The SMILES string of the molecule is COC(=O)C[C@H](NC(=O)OC(C)(C)C)c1ccc(Br)cc1.S. The van der Waals surface area contributed by atoms with Crippen LogP contribution in [0.1, 0.15) is 38.8 Å². The highest BCUT2D eigenvalue weighted by Crippen LogP contribution is 2.21. The predicted octanol–water partition coefficient (Wildman–Crippen LogP) is 3.69. The van der Waals surface area contributed by atoms with Gasteiger partial charge in [-0.1, -0.05) is 28.1 Å². The van der Waals surface area contributed by atoms with Crippen molar-refractivity contribution in [2.75, 3.05) is 7.11 Å². The molecule has 0 heterocycles. The number of hydrogen-bond acceptors (Lipinski definition) is 4. The van der Waals surface area contributed by atoms with Crippen LogP contribution >= 0.6 is 29.4 Å². The molecule has 7 heteroatoms. The summed E-state index contributed by atoms with van der Waals surface area (Å²) in [7, 11) is 1.31. The fourth-order valence-corrected chi connectivity index (χ4v) is 1.91. The molecule has 0 fully saturated rings. The average Bonchev–Trinajstić information content (AvgIpc) is 2.36. The third-order valence-electron chi connectivity index (χ3n) is 2.56. The lowest BCUT2D eigenvalue weighted by Gasteiger charge is -2.23. The van der Waals surface area contributed by atoms with Gasteiger partial charge in [0.25, 0.3) is 0 Å². The van der Waals surface area contributed by atoms with Gasteiger partial charge < -0.3 is 14.8 Å². The van der Waals surface area contributed by atoms with Crippen LogP contribution in [0.5, 0.6) is 0 Å². The first-order valence-electron chi connectivity index (χ1n) is 6.53. The molecule has 124 valence electrons. The first kappa shape index (κ1) is 20.8. The Morgan fingerprint density at radius 3 is 2.23 bits per heavy atom. The Balaban J connectivity index is 0.00000441. The predicted molar refractivity (Wildman–Crippen MR) is 93.3 cm³/mol. The van der Waals surface area contributed by atoms with Crippen LogP contribution in [0.4, 0.5) is 4.79 Å². The molecule has 0 saturated heterocycles. The first-order chi connectivity index (χ1) is 9.71. The van der Waals surface area contributed by atoms with Gasteiger partial charge in [-0.3, -0.25) is 4.79 Å². The number of nitrogens with one attached hydrogen (secondary N) is 1. The van der Waals surface area contributed by atoms with Crippen LogP contribution in [0, 0.1) is 0 Å². The van der Waals surface area contributed by atoms with E-state index in [-0.39, 0.29) is 19.9 Å². The van der Waals surface area contributed by atoms with E-state index in [9.17, 15) is 9.59 Å². The Bertz CT molecular complexity index is 499. The van der Waals surface area contributed by atoms with Gasteiger partial charge in [0.05, 0.1) is 19.6 Å². The zero-order valence-electron chi connectivity index (χ0n) is 13.1. The van der Waals surface area contributed by atoms with Gasteiger partial charge in [0.1, 0.15) is 5.60 Å². The lowest BCUT2D eigenvalue weighted by Crippen LogP contribution is -2.35. The molecule has 0 spiro atoms. The summed E-state index contributed by atoms with van der Waals surface area (Å²) in [4.78, 5) is 23.4. The van der Waals surface area contributed by atoms with Crippen LogP contribution in [0.3, 0.4) is 0 Å². The van der Waals surface area contributed by atoms with Crippen LogP contribution in [-0.4, -0.2) is 24.8 Å². The van der Waals surface area contributed by atoms with E-state index in [2.05, 4.69) is 26.0 Å². The summed E-state index contributed by atoms with van der Waals surface area (Å²) in [6.07, 6.45) is -0.531. The smallest absolute Gasteiger partial charge is 0.408 e. The van der Waals surface area contributed by atoms with E-state index in [1.807, 2.05) is 24.3 Å². The molecule has 5 nitrogen and oxygen atoms in total. The highest BCUT2D eigenvalue weighted by molar-refractivity contribution is 9.10. The highest BCUT2D eigenvalue weighted by Gasteiger charge is 2.22. The molecular weight excluding hydrogens is 370 g/mol. The van der Waals surface area contributed by atoms with E-state index in [0.29, 0.717) is 0 Å². The molecule has 1 atom stereocenters. The molecule has 0 aliphatic heterocycles. The van der Waals surface area contributed by atoms with Crippen molar-refractivity contribution in [1.82, 2.24) is 5.32 Å². The molecule has 1 aromatic rings. The van der Waals surface area contributed by atoms with Crippen LogP contribution in [0.25, 0.3) is 0 Å². The molecule has 0 aliphatic rings. The van der Waals surface area contributed by atoms with Gasteiger partial charge in [0.15, 0.2) is 0 Å². The van der Waals surface area contributed by atoms with Crippen LogP contribution in [-0.2, 0) is 14.3 Å². The van der Waals surface area contributed by atoms with Gasteiger partial charge in [0.2, 0.25) is 0 Å². The van der Waals surface area contributed by atoms with Gasteiger partial charge in [-0.05, 0) is 38.5 Å². The van der Waals surface area contributed by atoms with E-state index in [0.717, 1.165) is 10.0 Å². The monoisotopic (exact) mass is 391 g/mol. The van der Waals surface area contributed by atoms with Crippen molar-refractivity contribution in [3.63, 3.8) is 0 Å². The maximum atomic E-state index is 11.9. The van der Waals surface area contributed by atoms with Crippen molar-refractivity contribution in [3.05, 3.63) is 34.3 Å². The van der Waals surface area contributed by atoms with Gasteiger partial charge in [-0.2, -0.15) is 13.5 Å². The second kappa shape index (κ2) is 9.05. The Morgan fingerprint density at radius 1 is 1.23 bits per heavy atom. The summed E-state index contributed by atoms with van der Waals surface area (Å²) >= 11 is 3.35. The number of rotatable bonds is 4. The maximum Gasteiger partial charge on any atom is 0.408 e. The van der Waals surface area contributed by atoms with Gasteiger partial charge >= 0.3 is 12.1 Å². The molecule has 0 bridgehead atoms. The zero-order chi connectivity index (χ0) is 16.0. The molecule has 0 saturated carbocycles. The van der Waals surface area contributed by atoms with Crippen molar-refractivity contribution in [2.24, 2.45) is 0 Å². The average molecular weight is 392 g/mol. The molecule has 1 amide bonds. The number of halogens is 1. The fourth-order valence-electron chi connectivity index (χ4n) is 1.65. The summed E-state index contributed by atoms with van der Waals surface area (Å²) in [6.45, 7) is 5.34. The van der Waals surface area contributed by atoms with Crippen LogP contribution in [0.2, 0.25) is 0 Å². The normalized spacial score (nSPS) is 11.9. The molecule has 1 rings (SSSR count). The van der Waals surface area contributed by atoms with Crippen LogP contribution < -0.4 is 5.32 Å². The Labute approximate surface area is 146 Å². The molecule has 0 aromatic heterocycles. The fraction of sp³-hybridized carbons (Fsp3) is 0.467. The number of benzene rings is 1. The molecule has 22 heavy (non-hydrogen) atoms. The number of alkyl carbamates (subject to hydrolysis) is 1. The van der Waals surface area contributed by atoms with Gasteiger partial charge in [0, 0.05) is 4.47 Å². The number of esters is 1. The quantitative estimate of drug-likeness (QED) is 0.794. The molecule has 1 aromatic carbocycles. The Kier molecular flexibility index (Phi) is 8.55. The number of carbonyl (C=O) groups is 2. The first-order valence-corrected chi connectivity index (χ1v) is 7.32. The number of carbonyl (C=O) groups excluding carboxylic acids is 2. The Morgan fingerprint density at radius 2 is 1.77 bits per heavy atom. The summed E-state index contributed by atoms with van der Waals surface area (Å²) in [5.41, 5.74) is 0.203. The number of hydrogen-bond donors (Lipinski definition) is 1. The second-order valence-corrected chi connectivity index (χ2v) is 6.45. The van der Waals surface area contributed by atoms with Crippen LogP contribution in [0.15, 0.2) is 28.7 Å². The zero-order valence-corrected chi connectivity index (χ0v) is 15.7. The van der Waals surface area contributed by atoms with Gasteiger partial charge in [-0.25, -0.2) is 4.79 Å². The third-order valence-corrected chi connectivity index (χ3v) is 3.09. The number of methoxy groups -OCH3 is 1. The number of amides is 1. The van der Waals surface area contributed by atoms with Crippen molar-refractivity contribution in [1.29, 1.82) is 0 Å². The molecule has 0 radical (unpaired) electrons. The van der Waals surface area contributed by atoms with E-state index in [1.54, 1.807) is 20.8 Å². The number of ether oxygens (including phenoxy) is 2. The maximum absolute atomic E-state index is 11.9. The Hall–Kier alpha value is -1.21. The largest absolute Gasteiger partial charge is 0.469 e. The van der Waals surface area contributed by atoms with E-state index in [1.165, 1.54) is 7.11 Å². The minimum absolute atomic E-state index is 0. The topological polar surface area (TPSA) is 64.6 Å². The molecular formula is C15H22BrNO4S. The minimum Gasteiger partial charge on any atom is -0.469 e. The highest BCUT2D eigenvalue weighted by atomic mass is 79.9. The van der Waals surface area contributed by atoms with Crippen molar-refractivity contribution in [2.45, 2.75) is 38.8 Å². The van der Waals surface area contributed by atoms with Gasteiger partial charge in [-0.15, -0.1) is 0 Å². The summed E-state index contributed by atoms with van der Waals surface area (Å²) in [6, 6.07) is 6.84. The second-order valence-electron chi connectivity index (χ2n) is 5.53. The lowest BCUT2D eigenvalue weighted by atomic mass is 10.0. The molecule has 1 N–H and O–H groups in total. The molecule has 0 unspecified atom stereocenters. The van der Waals surface area contributed by atoms with Crippen molar-refractivity contribution >= 4 is 41.5 Å². The third kappa shape index (κ3) is 7.70. The summed E-state index contributed by atoms with van der Waals surface area (Å²) < 4.78 is 10.8. The van der Waals surface area contributed by atoms with E-state index >= 15 is 0 Å². The molecule has 0 aliphatic carbocycles. The summed E-state index contributed by atoms with van der Waals surface area (Å²) in [5.74, 6) is -0.404. The van der Waals surface area contributed by atoms with E-state index in [4.69, 9.17) is 4.74 Å².